The number of ether oxygens (including phenoxy) is 1. The SMILES string of the molecule is CCOc1ccc(NC(=O)Nc2ccc3nc(N4C(=O)c5ccccc5C4=O)sc3c2)cc1. The molecule has 164 valence electrons. The van der Waals surface area contributed by atoms with Gasteiger partial charge in [0.25, 0.3) is 11.8 Å². The van der Waals surface area contributed by atoms with E-state index in [4.69, 9.17) is 4.74 Å². The molecule has 0 bridgehead atoms. The topological polar surface area (TPSA) is 101 Å². The Balaban J connectivity index is 1.32. The van der Waals surface area contributed by atoms with E-state index in [2.05, 4.69) is 15.6 Å². The van der Waals surface area contributed by atoms with Crippen molar-refractivity contribution in [1.29, 1.82) is 0 Å². The van der Waals surface area contributed by atoms with Crippen molar-refractivity contribution in [3.8, 4) is 5.75 Å². The molecule has 8 nitrogen and oxygen atoms in total. The number of urea groups is 1. The Labute approximate surface area is 192 Å². The third kappa shape index (κ3) is 3.90. The highest BCUT2D eigenvalue weighted by molar-refractivity contribution is 7.22. The summed E-state index contributed by atoms with van der Waals surface area (Å²) in [7, 11) is 0. The first-order valence-electron chi connectivity index (χ1n) is 10.2. The van der Waals surface area contributed by atoms with E-state index in [1.165, 1.54) is 11.3 Å². The summed E-state index contributed by atoms with van der Waals surface area (Å²) in [6, 6.07) is 18.6. The normalized spacial score (nSPS) is 12.7. The van der Waals surface area contributed by atoms with Gasteiger partial charge in [0, 0.05) is 11.4 Å². The number of rotatable bonds is 5. The Morgan fingerprint density at radius 1 is 0.939 bits per heavy atom. The summed E-state index contributed by atoms with van der Waals surface area (Å²) in [5, 5.41) is 5.85. The van der Waals surface area contributed by atoms with Crippen molar-refractivity contribution in [1.82, 2.24) is 4.98 Å². The van der Waals surface area contributed by atoms with Crippen molar-refractivity contribution >= 4 is 55.9 Å². The van der Waals surface area contributed by atoms with E-state index in [0.29, 0.717) is 39.8 Å². The van der Waals surface area contributed by atoms with Crippen LogP contribution in [0.25, 0.3) is 10.2 Å². The smallest absolute Gasteiger partial charge is 0.323 e. The maximum Gasteiger partial charge on any atom is 0.323 e. The number of hydrogen-bond acceptors (Lipinski definition) is 6. The Kier molecular flexibility index (Phi) is 5.23. The van der Waals surface area contributed by atoms with Gasteiger partial charge in [0.2, 0.25) is 5.13 Å². The fourth-order valence-electron chi connectivity index (χ4n) is 3.54. The van der Waals surface area contributed by atoms with E-state index >= 15 is 0 Å². The first-order chi connectivity index (χ1) is 16.0. The van der Waals surface area contributed by atoms with Crippen molar-refractivity contribution in [3.63, 3.8) is 0 Å². The highest BCUT2D eigenvalue weighted by Gasteiger charge is 2.38. The van der Waals surface area contributed by atoms with Gasteiger partial charge in [-0.2, -0.15) is 0 Å². The van der Waals surface area contributed by atoms with Crippen LogP contribution in [0.4, 0.5) is 21.3 Å². The Bertz CT molecular complexity index is 1360. The number of nitrogens with one attached hydrogen (secondary N) is 2. The minimum absolute atomic E-state index is 0.298. The number of nitrogens with zero attached hydrogens (tertiary/aromatic N) is 2. The van der Waals surface area contributed by atoms with Gasteiger partial charge in [0.1, 0.15) is 5.75 Å². The van der Waals surface area contributed by atoms with Crippen LogP contribution in [0, 0.1) is 0 Å². The second-order valence-corrected chi connectivity index (χ2v) is 8.22. The minimum atomic E-state index is -0.399. The number of thiazole rings is 1. The van der Waals surface area contributed by atoms with Gasteiger partial charge in [-0.1, -0.05) is 23.5 Å². The molecule has 0 radical (unpaired) electrons. The average molecular weight is 458 g/mol. The molecule has 1 aromatic heterocycles. The molecule has 0 fully saturated rings. The number of anilines is 3. The van der Waals surface area contributed by atoms with E-state index in [1.54, 1.807) is 66.7 Å². The van der Waals surface area contributed by atoms with Crippen molar-refractivity contribution in [2.24, 2.45) is 0 Å². The van der Waals surface area contributed by atoms with Crippen LogP contribution in [0.2, 0.25) is 0 Å². The van der Waals surface area contributed by atoms with E-state index in [-0.39, 0.29) is 11.8 Å². The standard InChI is InChI=1S/C24H18N4O4S/c1-2-32-16-10-7-14(8-11-16)25-23(31)26-15-9-12-19-20(13-15)33-24(27-19)28-21(29)17-5-3-4-6-18(17)22(28)30/h3-13H,2H2,1H3,(H2,25,26,31). The first kappa shape index (κ1) is 20.7. The summed E-state index contributed by atoms with van der Waals surface area (Å²) in [5.41, 5.74) is 2.56. The molecular weight excluding hydrogens is 440 g/mol. The van der Waals surface area contributed by atoms with Crippen LogP contribution in [-0.2, 0) is 0 Å². The third-order valence-corrected chi connectivity index (χ3v) is 6.05. The fourth-order valence-corrected chi connectivity index (χ4v) is 4.55. The summed E-state index contributed by atoms with van der Waals surface area (Å²) < 4.78 is 6.13. The van der Waals surface area contributed by atoms with Crippen molar-refractivity contribution in [2.45, 2.75) is 6.92 Å². The Morgan fingerprint density at radius 2 is 1.58 bits per heavy atom. The molecule has 5 rings (SSSR count). The van der Waals surface area contributed by atoms with Crippen molar-refractivity contribution in [2.75, 3.05) is 22.1 Å². The Hall–Kier alpha value is -4.24. The molecule has 3 aromatic carbocycles. The van der Waals surface area contributed by atoms with Crippen LogP contribution >= 0.6 is 11.3 Å². The molecule has 2 N–H and O–H groups in total. The summed E-state index contributed by atoms with van der Waals surface area (Å²) in [6.07, 6.45) is 0. The molecule has 33 heavy (non-hydrogen) atoms. The van der Waals surface area contributed by atoms with E-state index in [1.807, 2.05) is 6.92 Å². The van der Waals surface area contributed by atoms with Gasteiger partial charge in [-0.15, -0.1) is 0 Å². The average Bonchev–Trinajstić information content (AvgIpc) is 3.33. The molecular formula is C24H18N4O4S. The molecule has 4 aromatic rings. The lowest BCUT2D eigenvalue weighted by atomic mass is 10.1. The molecule has 2 heterocycles. The zero-order valence-electron chi connectivity index (χ0n) is 17.5. The van der Waals surface area contributed by atoms with Crippen LogP contribution in [-0.4, -0.2) is 29.4 Å². The largest absolute Gasteiger partial charge is 0.494 e. The van der Waals surface area contributed by atoms with Crippen molar-refractivity contribution < 1.29 is 19.1 Å². The number of fused-ring (bicyclic) bond motifs is 2. The molecule has 0 atom stereocenters. The molecule has 0 unspecified atom stereocenters. The summed E-state index contributed by atoms with van der Waals surface area (Å²) in [6.45, 7) is 2.48. The molecule has 9 heteroatoms. The molecule has 0 spiro atoms. The second kappa shape index (κ2) is 8.36. The van der Waals surface area contributed by atoms with E-state index in [0.717, 1.165) is 15.3 Å². The van der Waals surface area contributed by atoms with E-state index in [9.17, 15) is 14.4 Å². The highest BCUT2D eigenvalue weighted by atomic mass is 32.1. The Morgan fingerprint density at radius 3 is 2.24 bits per heavy atom. The van der Waals surface area contributed by atoms with Crippen LogP contribution < -0.4 is 20.3 Å². The van der Waals surface area contributed by atoms with Gasteiger partial charge >= 0.3 is 6.03 Å². The third-order valence-electron chi connectivity index (χ3n) is 5.04. The molecule has 0 aliphatic carbocycles. The number of hydrogen-bond donors (Lipinski definition) is 2. The maximum absolute atomic E-state index is 12.7. The van der Waals surface area contributed by atoms with E-state index < -0.39 is 6.03 Å². The zero-order valence-corrected chi connectivity index (χ0v) is 18.3. The van der Waals surface area contributed by atoms with Crippen molar-refractivity contribution in [3.05, 3.63) is 77.9 Å². The van der Waals surface area contributed by atoms with Gasteiger partial charge in [0.15, 0.2) is 0 Å². The number of carbonyl (C=O) groups excluding carboxylic acids is 3. The van der Waals surface area contributed by atoms with Gasteiger partial charge < -0.3 is 15.4 Å². The molecule has 0 saturated carbocycles. The zero-order chi connectivity index (χ0) is 22.9. The maximum atomic E-state index is 12.7. The predicted octanol–water partition coefficient (Wildman–Crippen LogP) is 5.14. The number of aromatic nitrogens is 1. The molecule has 1 aliphatic rings. The van der Waals surface area contributed by atoms with Crippen LogP contribution in [0.5, 0.6) is 5.75 Å². The monoisotopic (exact) mass is 458 g/mol. The summed E-state index contributed by atoms with van der Waals surface area (Å²) in [5.74, 6) is -0.0431. The number of benzene rings is 3. The number of imide groups is 1. The number of carbonyl (C=O) groups is 3. The van der Waals surface area contributed by atoms with Crippen LogP contribution in [0.3, 0.4) is 0 Å². The predicted molar refractivity (Wildman–Crippen MR) is 127 cm³/mol. The highest BCUT2D eigenvalue weighted by Crippen LogP contribution is 2.35. The summed E-state index contributed by atoms with van der Waals surface area (Å²) in [4.78, 5) is 43.4. The summed E-state index contributed by atoms with van der Waals surface area (Å²) >= 11 is 1.21. The minimum Gasteiger partial charge on any atom is -0.494 e. The van der Waals surface area contributed by atoms with Gasteiger partial charge in [-0.25, -0.2) is 14.7 Å². The number of amides is 4. The van der Waals surface area contributed by atoms with Gasteiger partial charge in [0.05, 0.1) is 28.0 Å². The molecule has 4 amide bonds. The fraction of sp³-hybridized carbons (Fsp3) is 0.0833. The van der Waals surface area contributed by atoms with Gasteiger partial charge in [-0.05, 0) is 61.5 Å². The lowest BCUT2D eigenvalue weighted by Gasteiger charge is -2.08. The lowest BCUT2D eigenvalue weighted by Crippen LogP contribution is -2.29. The lowest BCUT2D eigenvalue weighted by molar-refractivity contribution is 0.0926. The molecule has 1 aliphatic heterocycles. The first-order valence-corrected chi connectivity index (χ1v) is 11.0. The molecule has 0 saturated heterocycles. The van der Waals surface area contributed by atoms with Gasteiger partial charge in [-0.3, -0.25) is 9.59 Å². The quantitative estimate of drug-likeness (QED) is 0.403. The van der Waals surface area contributed by atoms with Crippen LogP contribution in [0.1, 0.15) is 27.6 Å². The second-order valence-electron chi connectivity index (χ2n) is 7.21. The van der Waals surface area contributed by atoms with Crippen LogP contribution in [0.15, 0.2) is 66.7 Å².